The molecule has 0 aliphatic carbocycles. The van der Waals surface area contributed by atoms with Gasteiger partial charge in [-0.3, -0.25) is 0 Å². The molecular weight excluding hydrogens is 170 g/mol. The van der Waals surface area contributed by atoms with Gasteiger partial charge in [0.25, 0.3) is 0 Å². The van der Waals surface area contributed by atoms with Crippen molar-refractivity contribution in [2.24, 2.45) is 0 Å². The second-order valence-electron chi connectivity index (χ2n) is 3.89. The fourth-order valence-corrected chi connectivity index (χ4v) is 1.71. The molecule has 0 spiro atoms. The molecule has 1 nitrogen and oxygen atoms in total. The zero-order valence-electron chi connectivity index (χ0n) is 8.58. The number of rotatable bonds is 4. The molecule has 0 N–H and O–H groups in total. The first kappa shape index (κ1) is 9.47. The third-order valence-corrected chi connectivity index (χ3v) is 2.88. The van der Waals surface area contributed by atoms with E-state index in [1.54, 1.807) is 0 Å². The molecule has 1 fully saturated rings. The summed E-state index contributed by atoms with van der Waals surface area (Å²) in [6, 6.07) is 8.68. The number of likely N-dealkylation sites (tertiary alicyclic amines) is 1. The maximum Gasteiger partial charge on any atom is 0.00218 e. The molecule has 0 aromatic heterocycles. The maximum absolute atomic E-state index is 3.75. The van der Waals surface area contributed by atoms with E-state index in [1.165, 1.54) is 43.6 Å². The minimum Gasteiger partial charge on any atom is -0.303 e. The van der Waals surface area contributed by atoms with E-state index in [2.05, 4.69) is 35.7 Å². The zero-order valence-corrected chi connectivity index (χ0v) is 8.58. The summed E-state index contributed by atoms with van der Waals surface area (Å²) in [5.74, 6) is 0. The SMILES string of the molecule is C=Cc1ccc(CCN2CCC2)cc1. The van der Waals surface area contributed by atoms with Gasteiger partial charge in [-0.15, -0.1) is 0 Å². The van der Waals surface area contributed by atoms with Crippen LogP contribution in [0.15, 0.2) is 30.8 Å². The topological polar surface area (TPSA) is 3.24 Å². The van der Waals surface area contributed by atoms with Crippen LogP contribution in [0.1, 0.15) is 17.5 Å². The average Bonchev–Trinajstić information content (AvgIpc) is 2.16. The third kappa shape index (κ3) is 2.24. The highest BCUT2D eigenvalue weighted by Crippen LogP contribution is 2.10. The highest BCUT2D eigenvalue weighted by atomic mass is 15.2. The Labute approximate surface area is 86.1 Å². The molecule has 2 rings (SSSR count). The second-order valence-corrected chi connectivity index (χ2v) is 3.89. The average molecular weight is 187 g/mol. The second kappa shape index (κ2) is 4.43. The Kier molecular flexibility index (Phi) is 3.00. The van der Waals surface area contributed by atoms with Gasteiger partial charge in [-0.2, -0.15) is 0 Å². The summed E-state index contributed by atoms with van der Waals surface area (Å²) in [5.41, 5.74) is 2.64. The highest BCUT2D eigenvalue weighted by molar-refractivity contribution is 5.47. The minimum absolute atomic E-state index is 1.18. The van der Waals surface area contributed by atoms with Crippen molar-refractivity contribution in [1.82, 2.24) is 4.90 Å². The number of hydrogen-bond donors (Lipinski definition) is 0. The largest absolute Gasteiger partial charge is 0.303 e. The van der Waals surface area contributed by atoms with Crippen LogP contribution in [0.2, 0.25) is 0 Å². The molecule has 1 heteroatoms. The van der Waals surface area contributed by atoms with Gasteiger partial charge in [0.1, 0.15) is 0 Å². The molecule has 14 heavy (non-hydrogen) atoms. The Morgan fingerprint density at radius 2 is 1.93 bits per heavy atom. The van der Waals surface area contributed by atoms with Crippen LogP contribution in [0.25, 0.3) is 6.08 Å². The van der Waals surface area contributed by atoms with Gasteiger partial charge in [0.15, 0.2) is 0 Å². The molecule has 1 aliphatic rings. The molecule has 1 aromatic rings. The zero-order chi connectivity index (χ0) is 9.80. The summed E-state index contributed by atoms with van der Waals surface area (Å²) in [6.07, 6.45) is 4.45. The maximum atomic E-state index is 3.75. The van der Waals surface area contributed by atoms with Crippen LogP contribution < -0.4 is 0 Å². The van der Waals surface area contributed by atoms with E-state index < -0.39 is 0 Å². The van der Waals surface area contributed by atoms with Crippen LogP contribution >= 0.6 is 0 Å². The van der Waals surface area contributed by atoms with Crippen molar-refractivity contribution >= 4 is 6.08 Å². The molecule has 0 saturated carbocycles. The normalized spacial score (nSPS) is 16.3. The fourth-order valence-electron chi connectivity index (χ4n) is 1.71. The van der Waals surface area contributed by atoms with Gasteiger partial charge < -0.3 is 4.90 Å². The van der Waals surface area contributed by atoms with Crippen molar-refractivity contribution in [3.8, 4) is 0 Å². The highest BCUT2D eigenvalue weighted by Gasteiger charge is 2.12. The van der Waals surface area contributed by atoms with Crippen molar-refractivity contribution in [1.29, 1.82) is 0 Å². The minimum atomic E-state index is 1.18. The Morgan fingerprint density at radius 3 is 2.43 bits per heavy atom. The molecule has 0 amide bonds. The first-order valence-corrected chi connectivity index (χ1v) is 5.32. The van der Waals surface area contributed by atoms with Gasteiger partial charge in [-0.1, -0.05) is 36.9 Å². The monoisotopic (exact) mass is 187 g/mol. The van der Waals surface area contributed by atoms with E-state index in [-0.39, 0.29) is 0 Å². The van der Waals surface area contributed by atoms with Crippen LogP contribution in [0.5, 0.6) is 0 Å². The van der Waals surface area contributed by atoms with E-state index in [4.69, 9.17) is 0 Å². The van der Waals surface area contributed by atoms with Crippen molar-refractivity contribution in [2.75, 3.05) is 19.6 Å². The standard InChI is InChI=1S/C13H17N/c1-2-12-4-6-13(7-5-12)8-11-14-9-3-10-14/h2,4-7H,1,3,8-11H2. The fraction of sp³-hybridized carbons (Fsp3) is 0.385. The van der Waals surface area contributed by atoms with Crippen molar-refractivity contribution in [2.45, 2.75) is 12.8 Å². The predicted octanol–water partition coefficient (Wildman–Crippen LogP) is 2.58. The quantitative estimate of drug-likeness (QED) is 0.700. The van der Waals surface area contributed by atoms with Crippen LogP contribution in [-0.4, -0.2) is 24.5 Å². The van der Waals surface area contributed by atoms with Crippen molar-refractivity contribution < 1.29 is 0 Å². The Morgan fingerprint density at radius 1 is 1.21 bits per heavy atom. The first-order chi connectivity index (χ1) is 6.88. The molecule has 1 aliphatic heterocycles. The third-order valence-electron chi connectivity index (χ3n) is 2.88. The summed E-state index contributed by atoms with van der Waals surface area (Å²) in [7, 11) is 0. The lowest BCUT2D eigenvalue weighted by atomic mass is 10.1. The molecule has 1 heterocycles. The molecule has 0 radical (unpaired) electrons. The van der Waals surface area contributed by atoms with Crippen molar-refractivity contribution in [3.05, 3.63) is 42.0 Å². The predicted molar refractivity (Wildman–Crippen MR) is 61.3 cm³/mol. The lowest BCUT2D eigenvalue weighted by molar-refractivity contribution is 0.184. The lowest BCUT2D eigenvalue weighted by Crippen LogP contribution is -2.38. The van der Waals surface area contributed by atoms with Crippen LogP contribution in [-0.2, 0) is 6.42 Å². The molecule has 74 valence electrons. The Bertz CT molecular complexity index is 296. The lowest BCUT2D eigenvalue weighted by Gasteiger charge is -2.30. The smallest absolute Gasteiger partial charge is 0.00218 e. The van der Waals surface area contributed by atoms with Gasteiger partial charge in [0.05, 0.1) is 0 Å². The summed E-state index contributed by atoms with van der Waals surface area (Å²) in [5, 5.41) is 0. The first-order valence-electron chi connectivity index (χ1n) is 5.32. The molecule has 0 bridgehead atoms. The number of hydrogen-bond acceptors (Lipinski definition) is 1. The van der Waals surface area contributed by atoms with E-state index in [9.17, 15) is 0 Å². The van der Waals surface area contributed by atoms with Crippen molar-refractivity contribution in [3.63, 3.8) is 0 Å². The Balaban J connectivity index is 1.85. The van der Waals surface area contributed by atoms with E-state index >= 15 is 0 Å². The Hall–Kier alpha value is -1.08. The van der Waals surface area contributed by atoms with Crippen LogP contribution in [0, 0.1) is 0 Å². The summed E-state index contributed by atoms with van der Waals surface area (Å²) in [4.78, 5) is 2.50. The van der Waals surface area contributed by atoms with E-state index in [1.807, 2.05) is 6.08 Å². The molecular formula is C13H17N. The van der Waals surface area contributed by atoms with E-state index in [0.29, 0.717) is 0 Å². The molecule has 1 aromatic carbocycles. The molecule has 0 atom stereocenters. The van der Waals surface area contributed by atoms with Gasteiger partial charge in [0.2, 0.25) is 0 Å². The summed E-state index contributed by atoms with van der Waals surface area (Å²) < 4.78 is 0. The molecule has 0 unspecified atom stereocenters. The molecule has 1 saturated heterocycles. The number of benzene rings is 1. The summed E-state index contributed by atoms with van der Waals surface area (Å²) in [6.45, 7) is 7.56. The van der Waals surface area contributed by atoms with Crippen LogP contribution in [0.4, 0.5) is 0 Å². The summed E-state index contributed by atoms with van der Waals surface area (Å²) >= 11 is 0. The number of nitrogens with zero attached hydrogens (tertiary/aromatic N) is 1. The van der Waals surface area contributed by atoms with Gasteiger partial charge in [0, 0.05) is 6.54 Å². The van der Waals surface area contributed by atoms with E-state index in [0.717, 1.165) is 0 Å². The van der Waals surface area contributed by atoms with Gasteiger partial charge in [-0.25, -0.2) is 0 Å². The van der Waals surface area contributed by atoms with Gasteiger partial charge >= 0.3 is 0 Å². The van der Waals surface area contributed by atoms with Gasteiger partial charge in [-0.05, 0) is 37.1 Å². The van der Waals surface area contributed by atoms with Crippen LogP contribution in [0.3, 0.4) is 0 Å².